The molecule has 3 N–H and O–H groups in total. The highest BCUT2D eigenvalue weighted by atomic mass is 32.2. The Morgan fingerprint density at radius 1 is 1.38 bits per heavy atom. The van der Waals surface area contributed by atoms with Crippen LogP contribution in [0.15, 0.2) is 23.1 Å². The SMILES string of the molecule is Cc1ccc(S(C)(=O)=O)cc1NC(=O)C1CCCC1CN. The lowest BCUT2D eigenvalue weighted by Gasteiger charge is -2.18. The first-order valence-corrected chi connectivity index (χ1v) is 9.03. The standard InChI is InChI=1S/C15H22N2O3S/c1-10-6-7-12(21(2,19)20)8-14(10)17-15(18)13-5-3-4-11(13)9-16/h6-8,11,13H,3-5,9,16H2,1-2H3,(H,17,18). The number of benzene rings is 1. The molecule has 1 fully saturated rings. The molecule has 1 aliphatic rings. The Bertz CT molecular complexity index is 640. The van der Waals surface area contributed by atoms with E-state index in [9.17, 15) is 13.2 Å². The molecule has 0 bridgehead atoms. The van der Waals surface area contributed by atoms with Crippen molar-refractivity contribution in [2.45, 2.75) is 31.1 Å². The molecule has 1 saturated carbocycles. The van der Waals surface area contributed by atoms with Crippen molar-refractivity contribution in [3.8, 4) is 0 Å². The van der Waals surface area contributed by atoms with Crippen molar-refractivity contribution in [1.29, 1.82) is 0 Å². The lowest BCUT2D eigenvalue weighted by atomic mass is 9.95. The molecule has 2 unspecified atom stereocenters. The summed E-state index contributed by atoms with van der Waals surface area (Å²) in [5.74, 6) is 0.0939. The van der Waals surface area contributed by atoms with Gasteiger partial charge in [0.25, 0.3) is 0 Å². The lowest BCUT2D eigenvalue weighted by molar-refractivity contribution is -0.120. The molecule has 0 spiro atoms. The lowest BCUT2D eigenvalue weighted by Crippen LogP contribution is -2.30. The fourth-order valence-electron chi connectivity index (χ4n) is 2.86. The summed E-state index contributed by atoms with van der Waals surface area (Å²) in [6.07, 6.45) is 4.00. The molecule has 2 atom stereocenters. The number of carbonyl (C=O) groups excluding carboxylic acids is 1. The third-order valence-corrected chi connectivity index (χ3v) is 5.30. The van der Waals surface area contributed by atoms with E-state index in [1.54, 1.807) is 12.1 Å². The maximum Gasteiger partial charge on any atom is 0.227 e. The fourth-order valence-corrected chi connectivity index (χ4v) is 3.50. The Morgan fingerprint density at radius 2 is 2.10 bits per heavy atom. The third-order valence-electron chi connectivity index (χ3n) is 4.19. The molecule has 0 aliphatic heterocycles. The van der Waals surface area contributed by atoms with Gasteiger partial charge >= 0.3 is 0 Å². The summed E-state index contributed by atoms with van der Waals surface area (Å²) in [7, 11) is -3.28. The van der Waals surface area contributed by atoms with Crippen LogP contribution in [0.3, 0.4) is 0 Å². The van der Waals surface area contributed by atoms with E-state index in [-0.39, 0.29) is 22.6 Å². The first kappa shape index (κ1) is 16.0. The maximum absolute atomic E-state index is 12.4. The van der Waals surface area contributed by atoms with Gasteiger partial charge in [0.15, 0.2) is 9.84 Å². The van der Waals surface area contributed by atoms with Crippen molar-refractivity contribution in [2.24, 2.45) is 17.6 Å². The summed E-state index contributed by atoms with van der Waals surface area (Å²) >= 11 is 0. The molecular weight excluding hydrogens is 288 g/mol. The second-order valence-corrected chi connectivity index (χ2v) is 7.79. The normalized spacial score (nSPS) is 22.2. The van der Waals surface area contributed by atoms with Gasteiger partial charge in [-0.2, -0.15) is 0 Å². The molecule has 1 amide bonds. The van der Waals surface area contributed by atoms with Crippen molar-refractivity contribution in [3.63, 3.8) is 0 Å². The molecule has 1 aromatic carbocycles. The summed E-state index contributed by atoms with van der Waals surface area (Å²) in [4.78, 5) is 12.6. The van der Waals surface area contributed by atoms with Crippen LogP contribution < -0.4 is 11.1 Å². The minimum Gasteiger partial charge on any atom is -0.330 e. The number of hydrogen-bond acceptors (Lipinski definition) is 4. The van der Waals surface area contributed by atoms with Gasteiger partial charge < -0.3 is 11.1 Å². The number of anilines is 1. The summed E-state index contributed by atoms with van der Waals surface area (Å²) in [6, 6.07) is 4.79. The van der Waals surface area contributed by atoms with Gasteiger partial charge in [-0.25, -0.2) is 8.42 Å². The Balaban J connectivity index is 2.21. The molecule has 1 aliphatic carbocycles. The van der Waals surface area contributed by atoms with Gasteiger partial charge in [-0.15, -0.1) is 0 Å². The minimum absolute atomic E-state index is 0.0586. The molecule has 0 heterocycles. The number of nitrogens with two attached hydrogens (primary N) is 1. The van der Waals surface area contributed by atoms with Crippen LogP contribution in [-0.2, 0) is 14.6 Å². The van der Waals surface area contributed by atoms with Crippen LogP contribution in [0, 0.1) is 18.8 Å². The monoisotopic (exact) mass is 310 g/mol. The first-order valence-electron chi connectivity index (χ1n) is 7.14. The van der Waals surface area contributed by atoms with Crippen molar-refractivity contribution >= 4 is 21.4 Å². The van der Waals surface area contributed by atoms with Crippen LogP contribution in [-0.4, -0.2) is 27.1 Å². The molecule has 0 aromatic heterocycles. The second-order valence-electron chi connectivity index (χ2n) is 5.77. The van der Waals surface area contributed by atoms with Gasteiger partial charge in [0.1, 0.15) is 0 Å². The molecular formula is C15H22N2O3S. The predicted molar refractivity (Wildman–Crippen MR) is 82.8 cm³/mol. The number of nitrogens with one attached hydrogen (secondary N) is 1. The molecule has 5 nitrogen and oxygen atoms in total. The van der Waals surface area contributed by atoms with Crippen LogP contribution in [0.25, 0.3) is 0 Å². The molecule has 2 rings (SSSR count). The molecule has 0 radical (unpaired) electrons. The molecule has 0 saturated heterocycles. The van der Waals surface area contributed by atoms with Crippen LogP contribution >= 0.6 is 0 Å². The van der Waals surface area contributed by atoms with Crippen molar-refractivity contribution in [2.75, 3.05) is 18.1 Å². The fraction of sp³-hybridized carbons (Fsp3) is 0.533. The molecule has 6 heteroatoms. The molecule has 1 aromatic rings. The van der Waals surface area contributed by atoms with Crippen LogP contribution in [0.4, 0.5) is 5.69 Å². The van der Waals surface area contributed by atoms with Crippen LogP contribution in [0.1, 0.15) is 24.8 Å². The average Bonchev–Trinajstić information content (AvgIpc) is 2.88. The zero-order valence-electron chi connectivity index (χ0n) is 12.4. The van der Waals surface area contributed by atoms with Gasteiger partial charge in [-0.05, 0) is 49.9 Å². The topological polar surface area (TPSA) is 89.3 Å². The summed E-state index contributed by atoms with van der Waals surface area (Å²) < 4.78 is 23.2. The Labute approximate surface area is 125 Å². The molecule has 21 heavy (non-hydrogen) atoms. The van der Waals surface area contributed by atoms with E-state index < -0.39 is 9.84 Å². The largest absolute Gasteiger partial charge is 0.330 e. The quantitative estimate of drug-likeness (QED) is 0.886. The van der Waals surface area contributed by atoms with Crippen molar-refractivity contribution in [1.82, 2.24) is 0 Å². The number of hydrogen-bond donors (Lipinski definition) is 2. The number of sulfone groups is 1. The van der Waals surface area contributed by atoms with Gasteiger partial charge in [-0.1, -0.05) is 12.5 Å². The second kappa shape index (κ2) is 6.15. The Morgan fingerprint density at radius 3 is 2.71 bits per heavy atom. The zero-order valence-corrected chi connectivity index (χ0v) is 13.2. The van der Waals surface area contributed by atoms with Gasteiger partial charge in [-0.3, -0.25) is 4.79 Å². The van der Waals surface area contributed by atoms with E-state index in [4.69, 9.17) is 5.73 Å². The number of carbonyl (C=O) groups is 1. The van der Waals surface area contributed by atoms with Gasteiger partial charge in [0, 0.05) is 17.9 Å². The number of aryl methyl sites for hydroxylation is 1. The summed E-state index contributed by atoms with van der Waals surface area (Å²) in [5, 5.41) is 2.87. The van der Waals surface area contributed by atoms with E-state index >= 15 is 0 Å². The van der Waals surface area contributed by atoms with Crippen molar-refractivity contribution in [3.05, 3.63) is 23.8 Å². The maximum atomic E-state index is 12.4. The van der Waals surface area contributed by atoms with Gasteiger partial charge in [0.2, 0.25) is 5.91 Å². The Kier molecular flexibility index (Phi) is 4.68. The van der Waals surface area contributed by atoms with Crippen molar-refractivity contribution < 1.29 is 13.2 Å². The smallest absolute Gasteiger partial charge is 0.227 e. The highest BCUT2D eigenvalue weighted by Gasteiger charge is 2.32. The average molecular weight is 310 g/mol. The van der Waals surface area contributed by atoms with Crippen LogP contribution in [0.2, 0.25) is 0 Å². The van der Waals surface area contributed by atoms with Gasteiger partial charge in [0.05, 0.1) is 4.90 Å². The van der Waals surface area contributed by atoms with E-state index in [0.717, 1.165) is 31.1 Å². The predicted octanol–water partition coefficient (Wildman–Crippen LogP) is 1.71. The minimum atomic E-state index is -3.28. The Hall–Kier alpha value is -1.40. The van der Waals surface area contributed by atoms with E-state index in [1.807, 2.05) is 6.92 Å². The molecule has 116 valence electrons. The highest BCUT2D eigenvalue weighted by molar-refractivity contribution is 7.90. The zero-order chi connectivity index (χ0) is 15.6. The summed E-state index contributed by atoms with van der Waals surface area (Å²) in [5.41, 5.74) is 7.11. The summed E-state index contributed by atoms with van der Waals surface area (Å²) in [6.45, 7) is 2.36. The van der Waals surface area contributed by atoms with E-state index in [0.29, 0.717) is 12.2 Å². The van der Waals surface area contributed by atoms with E-state index in [1.165, 1.54) is 6.07 Å². The number of rotatable bonds is 4. The number of amides is 1. The first-order chi connectivity index (χ1) is 9.82. The van der Waals surface area contributed by atoms with E-state index in [2.05, 4.69) is 5.32 Å². The van der Waals surface area contributed by atoms with Crippen LogP contribution in [0.5, 0.6) is 0 Å². The third kappa shape index (κ3) is 3.63. The highest BCUT2D eigenvalue weighted by Crippen LogP contribution is 2.32.